The maximum Gasteiger partial charge on any atom is 0.408 e. The number of nitrogens with zero attached hydrogens (tertiary/aromatic N) is 6. The van der Waals surface area contributed by atoms with Gasteiger partial charge in [-0.15, -0.1) is 5.10 Å². The number of alkyl carbamates (subject to hydrolysis) is 1. The Balaban J connectivity index is 1.54. The lowest BCUT2D eigenvalue weighted by atomic mass is 9.78. The fourth-order valence-corrected chi connectivity index (χ4v) is 11.8. The van der Waals surface area contributed by atoms with E-state index in [4.69, 9.17) is 14.1 Å². The first-order valence-corrected chi connectivity index (χ1v) is 27.2. The van der Waals surface area contributed by atoms with Crippen molar-refractivity contribution in [1.82, 2.24) is 33.2 Å². The zero-order valence-electron chi connectivity index (χ0n) is 38.0. The summed E-state index contributed by atoms with van der Waals surface area (Å²) in [6.45, 7) is 18.2. The van der Waals surface area contributed by atoms with Crippen molar-refractivity contribution in [1.29, 1.82) is 0 Å². The molecule has 0 saturated heterocycles. The highest BCUT2D eigenvalue weighted by Crippen LogP contribution is 2.48. The number of fused-ring (bicyclic) bond motifs is 3. The summed E-state index contributed by atoms with van der Waals surface area (Å²) in [7, 11) is -3.70. The third-order valence-electron chi connectivity index (χ3n) is 12.7. The number of ether oxygens (including phenoxy) is 1. The van der Waals surface area contributed by atoms with E-state index in [-0.39, 0.29) is 32.5 Å². The van der Waals surface area contributed by atoms with Gasteiger partial charge in [-0.3, -0.25) is 13.8 Å². The van der Waals surface area contributed by atoms with Crippen LogP contribution >= 0.6 is 22.6 Å². The molecule has 6 aromatic rings. The molecule has 1 saturated carbocycles. The van der Waals surface area contributed by atoms with Gasteiger partial charge in [0.2, 0.25) is 5.95 Å². The van der Waals surface area contributed by atoms with Crippen LogP contribution in [0.3, 0.4) is 0 Å². The number of amides is 1. The molecule has 1 N–H and O–H groups in total. The van der Waals surface area contributed by atoms with E-state index in [0.29, 0.717) is 46.8 Å². The molecule has 17 heteroatoms. The van der Waals surface area contributed by atoms with Crippen LogP contribution in [0.4, 0.5) is 9.18 Å². The molecule has 0 unspecified atom stereocenters. The third-order valence-corrected chi connectivity index (χ3v) is 19.7. The summed E-state index contributed by atoms with van der Waals surface area (Å²) >= 11 is 2.36. The number of alkyl halides is 1. The van der Waals surface area contributed by atoms with Crippen molar-refractivity contribution in [3.8, 4) is 22.4 Å². The molecule has 63 heavy (non-hydrogen) atoms. The average molecular weight is 1010 g/mol. The Bertz CT molecular complexity index is 2860. The molecule has 1 amide bonds. The molecule has 0 radical (unpaired) electrons. The number of hydrogen-bond donors (Lipinski definition) is 1. The minimum absolute atomic E-state index is 0.0184. The maximum atomic E-state index is 16.3. The molecule has 4 heterocycles. The van der Waals surface area contributed by atoms with E-state index in [2.05, 4.69) is 66.9 Å². The Morgan fingerprint density at radius 3 is 2.30 bits per heavy atom. The number of carbonyl (C=O) groups is 1. The molecule has 2 aromatic carbocycles. The third kappa shape index (κ3) is 8.78. The van der Waals surface area contributed by atoms with Gasteiger partial charge in [0.15, 0.2) is 14.0 Å². The SMILES string of the molecule is Cn1cc(-c2c(-c3ccc(CCCI)cc3)c3c(ncc4c3n([C@H]3CC[C@@](C)(NC(=O)OC(C)(C)C)[C@H](O[Si](C)(C)C(C)(C)C)C3)c(=O)n4C)n2S(=O)(=O)c2ccccc2)c(F)n1. The van der Waals surface area contributed by atoms with E-state index in [1.165, 1.54) is 33.8 Å². The fourth-order valence-electron chi connectivity index (χ4n) is 8.44. The largest absolute Gasteiger partial charge is 0.444 e. The second kappa shape index (κ2) is 16.9. The summed E-state index contributed by atoms with van der Waals surface area (Å²) in [6, 6.07) is 15.4. The van der Waals surface area contributed by atoms with Gasteiger partial charge in [-0.2, -0.15) is 4.39 Å². The van der Waals surface area contributed by atoms with Gasteiger partial charge in [0.05, 0.1) is 50.4 Å². The fraction of sp³-hybridized carbons (Fsp3) is 0.478. The van der Waals surface area contributed by atoms with Gasteiger partial charge < -0.3 is 14.5 Å². The smallest absolute Gasteiger partial charge is 0.408 e. The second-order valence-electron chi connectivity index (χ2n) is 19.5. The van der Waals surface area contributed by atoms with Crippen molar-refractivity contribution in [2.45, 2.75) is 127 Å². The predicted molar refractivity (Wildman–Crippen MR) is 257 cm³/mol. The normalized spacial score (nSPS) is 18.9. The van der Waals surface area contributed by atoms with E-state index < -0.39 is 53.7 Å². The highest BCUT2D eigenvalue weighted by atomic mass is 127. The highest BCUT2D eigenvalue weighted by Gasteiger charge is 2.49. The summed E-state index contributed by atoms with van der Waals surface area (Å²) in [4.78, 5) is 33.2. The van der Waals surface area contributed by atoms with Gasteiger partial charge in [0.25, 0.3) is 10.0 Å². The summed E-state index contributed by atoms with van der Waals surface area (Å²) in [5.41, 5.74) is 1.18. The van der Waals surface area contributed by atoms with Crippen LogP contribution in [-0.4, -0.2) is 72.4 Å². The van der Waals surface area contributed by atoms with Crippen molar-refractivity contribution >= 4 is 69.1 Å². The Morgan fingerprint density at radius 2 is 1.71 bits per heavy atom. The van der Waals surface area contributed by atoms with Crippen LogP contribution in [0.2, 0.25) is 18.1 Å². The van der Waals surface area contributed by atoms with E-state index in [1.54, 1.807) is 36.9 Å². The lowest BCUT2D eigenvalue weighted by Crippen LogP contribution is -2.62. The lowest BCUT2D eigenvalue weighted by Gasteiger charge is -2.49. The molecule has 338 valence electrons. The van der Waals surface area contributed by atoms with Gasteiger partial charge in [0, 0.05) is 31.9 Å². The Morgan fingerprint density at radius 1 is 1.05 bits per heavy atom. The zero-order chi connectivity index (χ0) is 46.0. The summed E-state index contributed by atoms with van der Waals surface area (Å²) in [5.74, 6) is -0.860. The first-order chi connectivity index (χ1) is 29.4. The topological polar surface area (TPSA) is 144 Å². The Labute approximate surface area is 383 Å². The van der Waals surface area contributed by atoms with E-state index >= 15 is 12.8 Å². The Kier molecular flexibility index (Phi) is 12.5. The van der Waals surface area contributed by atoms with E-state index in [9.17, 15) is 9.59 Å². The molecule has 13 nitrogen and oxygen atoms in total. The lowest BCUT2D eigenvalue weighted by molar-refractivity contribution is 0.00459. The summed E-state index contributed by atoms with van der Waals surface area (Å²) < 4.78 is 66.2. The molecule has 0 aliphatic heterocycles. The number of hydrogen-bond acceptors (Lipinski definition) is 8. The van der Waals surface area contributed by atoms with Crippen LogP contribution < -0.4 is 11.0 Å². The molecule has 0 spiro atoms. The summed E-state index contributed by atoms with van der Waals surface area (Å²) in [5, 5.41) is 7.40. The van der Waals surface area contributed by atoms with Crippen LogP contribution in [-0.2, 0) is 39.7 Å². The number of nitrogens with one attached hydrogen (secondary N) is 1. The quantitative estimate of drug-likeness (QED) is 0.0768. The van der Waals surface area contributed by atoms with Gasteiger partial charge in [0.1, 0.15) is 5.60 Å². The second-order valence-corrected chi connectivity index (χ2v) is 27.2. The first-order valence-electron chi connectivity index (χ1n) is 21.4. The van der Waals surface area contributed by atoms with Crippen LogP contribution in [0.1, 0.15) is 85.8 Å². The number of benzene rings is 2. The zero-order valence-corrected chi connectivity index (χ0v) is 42.0. The highest BCUT2D eigenvalue weighted by molar-refractivity contribution is 14.1. The molecular formula is C46H59FIN7O6SSi. The van der Waals surface area contributed by atoms with Crippen molar-refractivity contribution < 1.29 is 26.8 Å². The van der Waals surface area contributed by atoms with E-state index in [0.717, 1.165) is 26.8 Å². The number of halogens is 2. The minimum atomic E-state index is -4.46. The van der Waals surface area contributed by atoms with Crippen molar-refractivity contribution in [2.75, 3.05) is 4.43 Å². The average Bonchev–Trinajstić information content (AvgIpc) is 3.81. The number of aryl methyl sites for hydroxylation is 3. The van der Waals surface area contributed by atoms with Gasteiger partial charge in [-0.25, -0.2) is 27.0 Å². The molecule has 1 aliphatic rings. The molecule has 1 aliphatic carbocycles. The van der Waals surface area contributed by atoms with Crippen LogP contribution in [0, 0.1) is 5.95 Å². The van der Waals surface area contributed by atoms with Crippen molar-refractivity contribution in [3.05, 3.63) is 89.0 Å². The van der Waals surface area contributed by atoms with E-state index in [1.807, 2.05) is 52.0 Å². The number of pyridine rings is 1. The van der Waals surface area contributed by atoms with Crippen LogP contribution in [0.5, 0.6) is 0 Å². The van der Waals surface area contributed by atoms with Gasteiger partial charge in [-0.1, -0.05) is 85.8 Å². The number of aromatic nitrogens is 6. The number of imidazole rings is 1. The van der Waals surface area contributed by atoms with Crippen molar-refractivity contribution in [2.24, 2.45) is 14.1 Å². The predicted octanol–water partition coefficient (Wildman–Crippen LogP) is 9.90. The molecule has 7 rings (SSSR count). The standard InChI is InChI=1S/C46H59FIN7O6SSi/c1-44(2,3)60-42(56)50-46(7)24-23-31(26-35(46)61-63(10,11)45(4,5)6)54-39-34(53(9)43(54)57)27-49-41-37(39)36(30-21-19-29(20-22-30)16-15-25-48)38(33-28-52(8)51-40(33)47)55(41)62(58,59)32-17-13-12-14-18-32/h12-14,17-22,27-28,31,35H,15-16,23-26H2,1-11H3,(H,50,56)/t31-,35+,46+/m0/s1. The maximum absolute atomic E-state index is 16.3. The molecule has 3 atom stereocenters. The first kappa shape index (κ1) is 46.7. The van der Waals surface area contributed by atoms with Crippen LogP contribution in [0.15, 0.2) is 76.7 Å². The van der Waals surface area contributed by atoms with Gasteiger partial charge in [-0.05, 0) is 106 Å². The Hall–Kier alpha value is -4.33. The number of carbonyl (C=O) groups excluding carboxylic acids is 1. The minimum Gasteiger partial charge on any atom is -0.444 e. The monoisotopic (exact) mass is 1010 g/mol. The molecule has 0 bridgehead atoms. The number of rotatable bonds is 11. The van der Waals surface area contributed by atoms with Crippen LogP contribution in [0.25, 0.3) is 44.5 Å². The molecule has 4 aromatic heterocycles. The molecule has 1 fully saturated rings. The summed E-state index contributed by atoms with van der Waals surface area (Å²) in [6.07, 6.45) is 4.97. The van der Waals surface area contributed by atoms with Crippen molar-refractivity contribution in [3.63, 3.8) is 0 Å². The molecular weight excluding hydrogens is 953 g/mol. The van der Waals surface area contributed by atoms with Gasteiger partial charge >= 0.3 is 11.8 Å².